The average Bonchev–Trinajstić information content (AvgIpc) is 3.29. The van der Waals surface area contributed by atoms with Crippen LogP contribution in [0.15, 0.2) is 75.6 Å². The molecule has 1 amide bonds. The summed E-state index contributed by atoms with van der Waals surface area (Å²) < 4.78 is 6.08. The van der Waals surface area contributed by atoms with Crippen LogP contribution in [-0.4, -0.2) is 24.2 Å². The predicted octanol–water partition coefficient (Wildman–Crippen LogP) is 7.05. The lowest BCUT2D eigenvalue weighted by Gasteiger charge is -2.07. The van der Waals surface area contributed by atoms with Crippen LogP contribution in [0.2, 0.25) is 5.02 Å². The summed E-state index contributed by atoms with van der Waals surface area (Å²) in [5.74, 6) is 0.148. The van der Waals surface area contributed by atoms with E-state index in [4.69, 9.17) is 16.3 Å². The van der Waals surface area contributed by atoms with Crippen LogP contribution < -0.4 is 15.5 Å². The molecule has 0 spiro atoms. The molecule has 34 heavy (non-hydrogen) atoms. The minimum Gasteiger partial charge on any atom is -0.495 e. The highest BCUT2D eigenvalue weighted by Gasteiger charge is 2.10. The molecule has 0 aliphatic carbocycles. The number of methoxy groups -OCH3 is 1. The van der Waals surface area contributed by atoms with E-state index in [0.717, 1.165) is 26.5 Å². The SMILES string of the molecule is COc1c(Cl)cc(Br)cc1/C=N\NC(=O)c1ccc(-c2csc(Nc3ccc(C)cc3)n2)cc1. The van der Waals surface area contributed by atoms with Crippen molar-refractivity contribution in [3.05, 3.63) is 92.2 Å². The number of halogens is 2. The maximum atomic E-state index is 12.5. The summed E-state index contributed by atoms with van der Waals surface area (Å²) in [7, 11) is 1.52. The Labute approximate surface area is 214 Å². The van der Waals surface area contributed by atoms with Crippen LogP contribution in [0.25, 0.3) is 11.3 Å². The number of carbonyl (C=O) groups excluding carboxylic acids is 1. The number of hydrazone groups is 1. The van der Waals surface area contributed by atoms with Gasteiger partial charge in [0, 0.05) is 32.2 Å². The van der Waals surface area contributed by atoms with Crippen molar-refractivity contribution >= 4 is 61.8 Å². The number of aryl methyl sites for hydroxylation is 1. The van der Waals surface area contributed by atoms with Gasteiger partial charge in [-0.2, -0.15) is 5.10 Å². The highest BCUT2D eigenvalue weighted by Crippen LogP contribution is 2.31. The van der Waals surface area contributed by atoms with Crippen LogP contribution in [0, 0.1) is 6.92 Å². The topological polar surface area (TPSA) is 75.6 Å². The molecule has 0 bridgehead atoms. The van der Waals surface area contributed by atoms with Gasteiger partial charge in [-0.25, -0.2) is 10.4 Å². The van der Waals surface area contributed by atoms with Crippen LogP contribution in [0.3, 0.4) is 0 Å². The Morgan fingerprint density at radius 3 is 2.59 bits per heavy atom. The molecule has 0 aliphatic heterocycles. The van der Waals surface area contributed by atoms with Crippen molar-refractivity contribution in [2.75, 3.05) is 12.4 Å². The summed E-state index contributed by atoms with van der Waals surface area (Å²) in [5, 5.41) is 10.6. The van der Waals surface area contributed by atoms with E-state index < -0.39 is 0 Å². The Hall–Kier alpha value is -3.20. The molecule has 0 unspecified atom stereocenters. The molecule has 6 nitrogen and oxygen atoms in total. The molecule has 4 rings (SSSR count). The van der Waals surface area contributed by atoms with Gasteiger partial charge in [-0.05, 0) is 43.3 Å². The highest BCUT2D eigenvalue weighted by molar-refractivity contribution is 9.10. The van der Waals surface area contributed by atoms with E-state index in [0.29, 0.717) is 21.9 Å². The molecule has 0 atom stereocenters. The Kier molecular flexibility index (Phi) is 7.62. The quantitative estimate of drug-likeness (QED) is 0.189. The van der Waals surface area contributed by atoms with E-state index in [-0.39, 0.29) is 5.91 Å². The van der Waals surface area contributed by atoms with E-state index in [1.165, 1.54) is 30.2 Å². The van der Waals surface area contributed by atoms with Crippen molar-refractivity contribution in [3.8, 4) is 17.0 Å². The normalized spacial score (nSPS) is 10.9. The first-order chi connectivity index (χ1) is 16.4. The Balaban J connectivity index is 1.40. The summed E-state index contributed by atoms with van der Waals surface area (Å²) in [6, 6.07) is 18.9. The molecule has 0 fully saturated rings. The monoisotopic (exact) mass is 554 g/mol. The minimum atomic E-state index is -0.331. The molecular weight excluding hydrogens is 536 g/mol. The van der Waals surface area contributed by atoms with Gasteiger partial charge in [-0.1, -0.05) is 57.4 Å². The first-order valence-corrected chi connectivity index (χ1v) is 12.2. The van der Waals surface area contributed by atoms with Crippen LogP contribution in [0.1, 0.15) is 21.5 Å². The van der Waals surface area contributed by atoms with Gasteiger partial charge < -0.3 is 10.1 Å². The highest BCUT2D eigenvalue weighted by atomic mass is 79.9. The smallest absolute Gasteiger partial charge is 0.271 e. The number of nitrogens with one attached hydrogen (secondary N) is 2. The third kappa shape index (κ3) is 5.83. The van der Waals surface area contributed by atoms with Crippen molar-refractivity contribution in [2.24, 2.45) is 5.10 Å². The standard InChI is InChI=1S/C25H20BrClN4O2S/c1-15-3-9-20(10-4-15)29-25-30-22(14-34-25)16-5-7-17(8-6-16)24(32)31-28-13-18-11-19(26)12-21(27)23(18)33-2/h3-14H,1-2H3,(H,29,30)(H,31,32)/b28-13-. The zero-order valence-corrected chi connectivity index (χ0v) is 21.5. The lowest BCUT2D eigenvalue weighted by Crippen LogP contribution is -2.17. The number of thiazole rings is 1. The maximum absolute atomic E-state index is 12.5. The summed E-state index contributed by atoms with van der Waals surface area (Å²) in [6.45, 7) is 2.05. The zero-order valence-electron chi connectivity index (χ0n) is 18.3. The second kappa shape index (κ2) is 10.8. The molecular formula is C25H20BrClN4O2S. The van der Waals surface area contributed by atoms with Gasteiger partial charge in [0.05, 0.1) is 24.0 Å². The molecule has 4 aromatic rings. The van der Waals surface area contributed by atoms with E-state index >= 15 is 0 Å². The van der Waals surface area contributed by atoms with E-state index in [2.05, 4.69) is 55.8 Å². The Bertz CT molecular complexity index is 1340. The fraction of sp³-hybridized carbons (Fsp3) is 0.0800. The first-order valence-electron chi connectivity index (χ1n) is 10.2. The number of amides is 1. The molecule has 0 saturated heterocycles. The van der Waals surface area contributed by atoms with Crippen molar-refractivity contribution in [3.63, 3.8) is 0 Å². The first kappa shape index (κ1) is 23.9. The third-order valence-corrected chi connectivity index (χ3v) is 6.36. The zero-order chi connectivity index (χ0) is 24.1. The number of hydrogen-bond acceptors (Lipinski definition) is 6. The predicted molar refractivity (Wildman–Crippen MR) is 143 cm³/mol. The van der Waals surface area contributed by atoms with Crippen molar-refractivity contribution in [1.29, 1.82) is 0 Å². The number of ether oxygens (including phenoxy) is 1. The van der Waals surface area contributed by atoms with Crippen molar-refractivity contribution < 1.29 is 9.53 Å². The fourth-order valence-electron chi connectivity index (χ4n) is 3.13. The second-order valence-corrected chi connectivity index (χ2v) is 9.50. The summed E-state index contributed by atoms with van der Waals surface area (Å²) >= 11 is 11.1. The number of hydrogen-bond donors (Lipinski definition) is 2. The molecule has 3 aromatic carbocycles. The second-order valence-electron chi connectivity index (χ2n) is 7.32. The maximum Gasteiger partial charge on any atom is 0.271 e. The van der Waals surface area contributed by atoms with E-state index in [1.807, 2.05) is 29.6 Å². The molecule has 1 heterocycles. The van der Waals surface area contributed by atoms with Gasteiger partial charge in [-0.3, -0.25) is 4.79 Å². The van der Waals surface area contributed by atoms with E-state index in [1.54, 1.807) is 24.3 Å². The van der Waals surface area contributed by atoms with Crippen LogP contribution >= 0.6 is 38.9 Å². The molecule has 0 aliphatic rings. The molecule has 0 saturated carbocycles. The molecule has 1 aromatic heterocycles. The lowest BCUT2D eigenvalue weighted by atomic mass is 10.1. The number of rotatable bonds is 7. The number of carbonyl (C=O) groups is 1. The van der Waals surface area contributed by atoms with Crippen LogP contribution in [-0.2, 0) is 0 Å². The van der Waals surface area contributed by atoms with Gasteiger partial charge in [0.15, 0.2) is 5.13 Å². The van der Waals surface area contributed by atoms with Gasteiger partial charge >= 0.3 is 0 Å². The summed E-state index contributed by atoms with van der Waals surface area (Å²) in [5.41, 5.74) is 7.59. The summed E-state index contributed by atoms with van der Waals surface area (Å²) in [6.07, 6.45) is 1.49. The third-order valence-electron chi connectivity index (χ3n) is 4.86. The van der Waals surface area contributed by atoms with Crippen molar-refractivity contribution in [1.82, 2.24) is 10.4 Å². The number of benzene rings is 3. The molecule has 172 valence electrons. The molecule has 0 radical (unpaired) electrons. The minimum absolute atomic E-state index is 0.331. The number of aromatic nitrogens is 1. The van der Waals surface area contributed by atoms with Crippen molar-refractivity contribution in [2.45, 2.75) is 6.92 Å². The van der Waals surface area contributed by atoms with Crippen LogP contribution in [0.5, 0.6) is 5.75 Å². The van der Waals surface area contributed by atoms with Gasteiger partial charge in [0.25, 0.3) is 5.91 Å². The van der Waals surface area contributed by atoms with E-state index in [9.17, 15) is 4.79 Å². The Morgan fingerprint density at radius 1 is 1.15 bits per heavy atom. The summed E-state index contributed by atoms with van der Waals surface area (Å²) in [4.78, 5) is 17.1. The molecule has 9 heteroatoms. The lowest BCUT2D eigenvalue weighted by molar-refractivity contribution is 0.0955. The Morgan fingerprint density at radius 2 is 1.88 bits per heavy atom. The van der Waals surface area contributed by atoms with Gasteiger partial charge in [0.1, 0.15) is 5.75 Å². The largest absolute Gasteiger partial charge is 0.495 e. The molecule has 2 N–H and O–H groups in total. The number of anilines is 2. The average molecular weight is 556 g/mol. The number of nitrogens with zero attached hydrogens (tertiary/aromatic N) is 2. The fourth-order valence-corrected chi connectivity index (χ4v) is 4.78. The van der Waals surface area contributed by atoms with Gasteiger partial charge in [0.2, 0.25) is 0 Å². The van der Waals surface area contributed by atoms with Gasteiger partial charge in [-0.15, -0.1) is 11.3 Å². The van der Waals surface area contributed by atoms with Crippen LogP contribution in [0.4, 0.5) is 10.8 Å².